The van der Waals surface area contributed by atoms with Crippen LogP contribution in [0.15, 0.2) is 24.3 Å². The minimum Gasteiger partial charge on any atom is -0.394 e. The van der Waals surface area contributed by atoms with Crippen LogP contribution in [0, 0.1) is 6.07 Å². The van der Waals surface area contributed by atoms with Crippen LogP contribution in [-0.4, -0.2) is 49.3 Å². The molecule has 81 valence electrons. The highest BCUT2D eigenvalue weighted by Gasteiger charge is 2.24. The first-order chi connectivity index (χ1) is 7.31. The highest BCUT2D eigenvalue weighted by Crippen LogP contribution is 2.19. The van der Waals surface area contributed by atoms with Gasteiger partial charge in [-0.1, -0.05) is 12.1 Å². The lowest BCUT2D eigenvalue weighted by Gasteiger charge is -2.40. The van der Waals surface area contributed by atoms with Crippen molar-refractivity contribution in [3.8, 4) is 0 Å². The van der Waals surface area contributed by atoms with E-state index >= 15 is 0 Å². The fourth-order valence-corrected chi connectivity index (χ4v) is 2.08. The van der Waals surface area contributed by atoms with Crippen LogP contribution >= 0.6 is 0 Å². The fourth-order valence-electron chi connectivity index (χ4n) is 2.08. The van der Waals surface area contributed by atoms with E-state index in [1.807, 2.05) is 24.3 Å². The van der Waals surface area contributed by atoms with Crippen molar-refractivity contribution in [1.29, 1.82) is 0 Å². The largest absolute Gasteiger partial charge is 0.394 e. The van der Waals surface area contributed by atoms with Gasteiger partial charge < -0.3 is 14.9 Å². The molecule has 0 bridgehead atoms. The van der Waals surface area contributed by atoms with Gasteiger partial charge in [0.2, 0.25) is 0 Å². The van der Waals surface area contributed by atoms with Crippen LogP contribution in [0.25, 0.3) is 0 Å². The lowest BCUT2D eigenvalue weighted by molar-refractivity contribution is 0.191. The Labute approximate surface area is 90.9 Å². The number of nitrogens with zero attached hydrogens (tertiary/aromatic N) is 2. The van der Waals surface area contributed by atoms with Gasteiger partial charge in [0.25, 0.3) is 0 Å². The quantitative estimate of drug-likeness (QED) is 0.766. The summed E-state index contributed by atoms with van der Waals surface area (Å²) in [6.45, 7) is 3.17. The van der Waals surface area contributed by atoms with Gasteiger partial charge in [-0.3, -0.25) is 0 Å². The number of piperazine rings is 1. The molecule has 0 saturated carbocycles. The number of likely N-dealkylation sites (N-methyl/N-ethyl adjacent to an activating group) is 1. The summed E-state index contributed by atoms with van der Waals surface area (Å²) >= 11 is 0. The van der Waals surface area contributed by atoms with Crippen molar-refractivity contribution in [3.63, 3.8) is 0 Å². The molecule has 1 aromatic carbocycles. The second kappa shape index (κ2) is 4.64. The number of aliphatic hydroxyl groups excluding tert-OH is 1. The van der Waals surface area contributed by atoms with Crippen LogP contribution in [0.1, 0.15) is 0 Å². The maximum atomic E-state index is 9.36. The number of hydrogen-bond acceptors (Lipinski definition) is 3. The number of rotatable bonds is 2. The molecule has 1 atom stereocenters. The zero-order valence-corrected chi connectivity index (χ0v) is 9.06. The van der Waals surface area contributed by atoms with Crippen molar-refractivity contribution >= 4 is 5.69 Å². The lowest BCUT2D eigenvalue weighted by atomic mass is 10.1. The molecular weight excluding hydrogens is 188 g/mol. The zero-order valence-electron chi connectivity index (χ0n) is 9.06. The summed E-state index contributed by atoms with van der Waals surface area (Å²) in [6, 6.07) is 11.2. The van der Waals surface area contributed by atoms with Crippen LogP contribution in [0.4, 0.5) is 5.69 Å². The van der Waals surface area contributed by atoms with Crippen LogP contribution < -0.4 is 4.90 Å². The normalized spacial score (nSPS) is 23.1. The first-order valence-electron chi connectivity index (χ1n) is 5.33. The molecule has 1 aliphatic rings. The number of aliphatic hydroxyl groups is 1. The Morgan fingerprint density at radius 1 is 1.40 bits per heavy atom. The van der Waals surface area contributed by atoms with E-state index in [1.165, 1.54) is 5.69 Å². The Balaban J connectivity index is 2.14. The zero-order chi connectivity index (χ0) is 10.7. The smallest absolute Gasteiger partial charge is 0.0648 e. The summed E-state index contributed by atoms with van der Waals surface area (Å²) in [5.41, 5.74) is 1.18. The third-order valence-electron chi connectivity index (χ3n) is 2.93. The standard InChI is InChI=1S/C12H17N2O/c1-13-7-8-14(12(9-13)10-15)11-5-3-2-4-6-11/h3-6,12,15H,7-10H2,1H3. The van der Waals surface area contributed by atoms with Crippen LogP contribution in [0.3, 0.4) is 0 Å². The monoisotopic (exact) mass is 205 g/mol. The molecule has 2 rings (SSSR count). The Morgan fingerprint density at radius 3 is 2.80 bits per heavy atom. The van der Waals surface area contributed by atoms with Crippen LogP contribution in [0.5, 0.6) is 0 Å². The minimum atomic E-state index is 0.211. The average molecular weight is 205 g/mol. The Morgan fingerprint density at radius 2 is 2.13 bits per heavy atom. The van der Waals surface area contributed by atoms with E-state index in [0.29, 0.717) is 0 Å². The average Bonchev–Trinajstić information content (AvgIpc) is 2.30. The first kappa shape index (κ1) is 10.5. The highest BCUT2D eigenvalue weighted by molar-refractivity contribution is 5.47. The van der Waals surface area contributed by atoms with Crippen molar-refractivity contribution < 1.29 is 5.11 Å². The summed E-state index contributed by atoms with van der Waals surface area (Å²) in [4.78, 5) is 4.53. The molecule has 15 heavy (non-hydrogen) atoms. The van der Waals surface area contributed by atoms with Crippen molar-refractivity contribution in [1.82, 2.24) is 4.90 Å². The molecule has 1 saturated heterocycles. The van der Waals surface area contributed by atoms with Gasteiger partial charge in [0.15, 0.2) is 0 Å². The van der Waals surface area contributed by atoms with Crippen molar-refractivity contribution in [2.45, 2.75) is 6.04 Å². The predicted molar refractivity (Wildman–Crippen MR) is 61.0 cm³/mol. The second-order valence-corrected chi connectivity index (χ2v) is 4.05. The molecule has 1 heterocycles. The fraction of sp³-hybridized carbons (Fsp3) is 0.500. The molecule has 0 aromatic heterocycles. The maximum Gasteiger partial charge on any atom is 0.0648 e. The van der Waals surface area contributed by atoms with Crippen molar-refractivity contribution in [2.24, 2.45) is 0 Å². The maximum absolute atomic E-state index is 9.36. The Kier molecular flexibility index (Phi) is 3.23. The topological polar surface area (TPSA) is 26.7 Å². The third kappa shape index (κ3) is 2.30. The molecule has 1 N–H and O–H groups in total. The van der Waals surface area contributed by atoms with E-state index in [9.17, 15) is 5.11 Å². The second-order valence-electron chi connectivity index (χ2n) is 4.05. The molecule has 3 heteroatoms. The molecule has 1 fully saturated rings. The number of anilines is 1. The van der Waals surface area contributed by atoms with Gasteiger partial charge in [0.05, 0.1) is 12.6 Å². The molecule has 1 radical (unpaired) electrons. The SMILES string of the molecule is CN1CCN(c2cc[c]cc2)C(CO)C1. The van der Waals surface area contributed by atoms with E-state index in [0.717, 1.165) is 19.6 Å². The molecule has 0 amide bonds. The van der Waals surface area contributed by atoms with Crippen LogP contribution in [0.2, 0.25) is 0 Å². The van der Waals surface area contributed by atoms with Gasteiger partial charge in [-0.15, -0.1) is 0 Å². The summed E-state index contributed by atoms with van der Waals surface area (Å²) in [5, 5.41) is 9.36. The summed E-state index contributed by atoms with van der Waals surface area (Å²) in [6.07, 6.45) is 0. The van der Waals surface area contributed by atoms with Gasteiger partial charge in [-0.05, 0) is 25.2 Å². The first-order valence-corrected chi connectivity index (χ1v) is 5.33. The Bertz CT molecular complexity index is 302. The van der Waals surface area contributed by atoms with E-state index in [2.05, 4.69) is 22.9 Å². The van der Waals surface area contributed by atoms with Gasteiger partial charge in [0.1, 0.15) is 0 Å². The third-order valence-corrected chi connectivity index (χ3v) is 2.93. The van der Waals surface area contributed by atoms with E-state index < -0.39 is 0 Å². The predicted octanol–water partition coefficient (Wildman–Crippen LogP) is 0.599. The molecular formula is C12H17N2O. The number of benzene rings is 1. The van der Waals surface area contributed by atoms with Gasteiger partial charge >= 0.3 is 0 Å². The van der Waals surface area contributed by atoms with Gasteiger partial charge in [-0.25, -0.2) is 0 Å². The molecule has 1 aromatic rings. The van der Waals surface area contributed by atoms with E-state index in [-0.39, 0.29) is 12.6 Å². The molecule has 1 aliphatic heterocycles. The highest BCUT2D eigenvalue weighted by atomic mass is 16.3. The number of hydrogen-bond donors (Lipinski definition) is 1. The minimum absolute atomic E-state index is 0.211. The Hall–Kier alpha value is -1.06. The van der Waals surface area contributed by atoms with Gasteiger partial charge in [0, 0.05) is 25.3 Å². The van der Waals surface area contributed by atoms with Gasteiger partial charge in [-0.2, -0.15) is 0 Å². The van der Waals surface area contributed by atoms with Crippen molar-refractivity contribution in [2.75, 3.05) is 38.2 Å². The van der Waals surface area contributed by atoms with E-state index in [1.54, 1.807) is 0 Å². The summed E-state index contributed by atoms with van der Waals surface area (Å²) < 4.78 is 0. The molecule has 1 unspecified atom stereocenters. The summed E-state index contributed by atoms with van der Waals surface area (Å²) in [5.74, 6) is 0. The van der Waals surface area contributed by atoms with Crippen LogP contribution in [-0.2, 0) is 0 Å². The molecule has 0 aliphatic carbocycles. The molecule has 3 nitrogen and oxygen atoms in total. The van der Waals surface area contributed by atoms with E-state index in [4.69, 9.17) is 0 Å². The van der Waals surface area contributed by atoms with Crippen molar-refractivity contribution in [3.05, 3.63) is 30.3 Å². The summed E-state index contributed by atoms with van der Waals surface area (Å²) in [7, 11) is 2.10. The lowest BCUT2D eigenvalue weighted by Crippen LogP contribution is -2.53. The molecule has 0 spiro atoms.